The minimum absolute atomic E-state index is 0.00837. The molecule has 2 aromatic rings. The summed E-state index contributed by atoms with van der Waals surface area (Å²) in [7, 11) is 0. The largest absolute Gasteiger partial charge is 0.294 e. The smallest absolute Gasteiger partial charge is 0.253 e. The van der Waals surface area contributed by atoms with Crippen LogP contribution < -0.4 is 5.32 Å². The van der Waals surface area contributed by atoms with Gasteiger partial charge < -0.3 is 0 Å². The number of nitrogens with one attached hydrogen (secondary N) is 1. The van der Waals surface area contributed by atoms with E-state index in [1.165, 1.54) is 0 Å². The van der Waals surface area contributed by atoms with E-state index in [0.717, 1.165) is 48.0 Å². The van der Waals surface area contributed by atoms with Crippen molar-refractivity contribution < 1.29 is 4.79 Å². The van der Waals surface area contributed by atoms with E-state index in [1.54, 1.807) is 0 Å². The molecule has 1 aliphatic carbocycles. The molecule has 6 heteroatoms. The van der Waals surface area contributed by atoms with Gasteiger partial charge in [-0.15, -0.1) is 0 Å². The van der Waals surface area contributed by atoms with Crippen molar-refractivity contribution in [3.63, 3.8) is 0 Å². The highest BCUT2D eigenvalue weighted by Gasteiger charge is 2.31. The molecule has 1 amide bonds. The molecule has 0 bridgehead atoms. The minimum Gasteiger partial charge on any atom is -0.294 e. The van der Waals surface area contributed by atoms with Crippen molar-refractivity contribution in [3.05, 3.63) is 30.0 Å². The van der Waals surface area contributed by atoms with Gasteiger partial charge in [-0.1, -0.05) is 24.6 Å². The van der Waals surface area contributed by atoms with Gasteiger partial charge in [0, 0.05) is 11.1 Å². The zero-order chi connectivity index (χ0) is 15.8. The Bertz CT molecular complexity index is 855. The average molecular weight is 307 g/mol. The second-order valence-corrected chi connectivity index (χ2v) is 5.95. The number of carbonyl (C=O) groups excluding carboxylic acids is 1. The van der Waals surface area contributed by atoms with E-state index < -0.39 is 0 Å². The van der Waals surface area contributed by atoms with Gasteiger partial charge in [-0.2, -0.15) is 4.99 Å². The van der Waals surface area contributed by atoms with Crippen molar-refractivity contribution >= 4 is 34.4 Å². The highest BCUT2D eigenvalue weighted by atomic mass is 16.2. The minimum atomic E-state index is -0.0815. The molecule has 1 aliphatic heterocycles. The van der Waals surface area contributed by atoms with Gasteiger partial charge in [0.1, 0.15) is 0 Å². The summed E-state index contributed by atoms with van der Waals surface area (Å²) in [4.78, 5) is 29.9. The van der Waals surface area contributed by atoms with Crippen LogP contribution >= 0.6 is 0 Å². The summed E-state index contributed by atoms with van der Waals surface area (Å²) in [5.41, 5.74) is 2.64. The number of hydrogen-bond donors (Lipinski definition) is 1. The molecule has 0 spiro atoms. The van der Waals surface area contributed by atoms with E-state index in [-0.39, 0.29) is 11.8 Å². The predicted molar refractivity (Wildman–Crippen MR) is 88.9 cm³/mol. The molecule has 0 saturated heterocycles. The Kier molecular flexibility index (Phi) is 3.37. The Morgan fingerprint density at radius 2 is 2.09 bits per heavy atom. The molecular formula is C17H17N5O. The number of nitrogens with zero attached hydrogens (tertiary/aromatic N) is 4. The number of amides is 1. The molecule has 4 rings (SSSR count). The topological polar surface area (TPSA) is 79.6 Å². The lowest BCUT2D eigenvalue weighted by Gasteiger charge is -2.26. The number of aromatic nitrogens is 2. The normalized spacial score (nSPS) is 22.7. The maximum absolute atomic E-state index is 12.2. The maximum atomic E-state index is 12.2. The lowest BCUT2D eigenvalue weighted by molar-refractivity contribution is -0.122. The van der Waals surface area contributed by atoms with Crippen molar-refractivity contribution in [2.24, 2.45) is 15.9 Å². The summed E-state index contributed by atoms with van der Waals surface area (Å²) in [6.07, 6.45) is 3.91. The first kappa shape index (κ1) is 14.0. The number of aryl methyl sites for hydroxylation is 1. The molecule has 2 aliphatic rings. The Morgan fingerprint density at radius 1 is 1.22 bits per heavy atom. The van der Waals surface area contributed by atoms with Gasteiger partial charge in [-0.25, -0.2) is 15.0 Å². The summed E-state index contributed by atoms with van der Waals surface area (Å²) in [6.45, 7) is 1.93. The van der Waals surface area contributed by atoms with Gasteiger partial charge in [0.15, 0.2) is 0 Å². The standard InChI is InChI=1S/C17H17N5O/c1-10-11-6-2-4-8-13(11)19-16(18-10)22-17-20-14-9-5-3-7-12(14)15(23)21-17/h2,4,6,8,12H,3,5,7,9H2,1H3,(H,18,19,21,22,23). The molecule has 116 valence electrons. The third-order valence-corrected chi connectivity index (χ3v) is 4.37. The van der Waals surface area contributed by atoms with Gasteiger partial charge in [0.25, 0.3) is 5.95 Å². The molecule has 0 radical (unpaired) electrons. The lowest BCUT2D eigenvalue weighted by Crippen LogP contribution is -2.44. The molecule has 2 heterocycles. The van der Waals surface area contributed by atoms with Gasteiger partial charge >= 0.3 is 0 Å². The first-order valence-electron chi connectivity index (χ1n) is 7.91. The molecular weight excluding hydrogens is 290 g/mol. The number of rotatable bonds is 1. The van der Waals surface area contributed by atoms with Crippen LogP contribution in [0.4, 0.5) is 5.95 Å². The quantitative estimate of drug-likeness (QED) is 0.879. The molecule has 1 aromatic carbocycles. The first-order chi connectivity index (χ1) is 11.2. The van der Waals surface area contributed by atoms with Crippen LogP contribution in [0.5, 0.6) is 0 Å². The summed E-state index contributed by atoms with van der Waals surface area (Å²) in [5, 5.41) is 3.78. The average Bonchev–Trinajstić information content (AvgIpc) is 2.55. The highest BCUT2D eigenvalue weighted by molar-refractivity contribution is 6.18. The fourth-order valence-electron chi connectivity index (χ4n) is 3.19. The fourth-order valence-corrected chi connectivity index (χ4v) is 3.19. The summed E-state index contributed by atoms with van der Waals surface area (Å²) < 4.78 is 0. The number of hydrogen-bond acceptors (Lipinski definition) is 4. The number of fused-ring (bicyclic) bond motifs is 2. The molecule has 23 heavy (non-hydrogen) atoms. The number of carbonyl (C=O) groups is 1. The van der Waals surface area contributed by atoms with E-state index in [0.29, 0.717) is 11.9 Å². The molecule has 1 aromatic heterocycles. The lowest BCUT2D eigenvalue weighted by atomic mass is 9.86. The van der Waals surface area contributed by atoms with Crippen LogP contribution in [-0.4, -0.2) is 27.5 Å². The Morgan fingerprint density at radius 3 is 3.00 bits per heavy atom. The van der Waals surface area contributed by atoms with E-state index in [2.05, 4.69) is 25.3 Å². The molecule has 1 saturated carbocycles. The summed E-state index contributed by atoms with van der Waals surface area (Å²) >= 11 is 0. The number of para-hydroxylation sites is 1. The Balaban J connectivity index is 1.74. The first-order valence-corrected chi connectivity index (χ1v) is 7.91. The van der Waals surface area contributed by atoms with Crippen LogP contribution in [0.2, 0.25) is 0 Å². The molecule has 1 atom stereocenters. The van der Waals surface area contributed by atoms with Crippen LogP contribution in [0.25, 0.3) is 10.9 Å². The van der Waals surface area contributed by atoms with Gasteiger partial charge in [0.2, 0.25) is 11.9 Å². The molecule has 6 nitrogen and oxygen atoms in total. The zero-order valence-electron chi connectivity index (χ0n) is 12.9. The number of guanidine groups is 1. The van der Waals surface area contributed by atoms with Crippen LogP contribution in [0, 0.1) is 12.8 Å². The monoisotopic (exact) mass is 307 g/mol. The predicted octanol–water partition coefficient (Wildman–Crippen LogP) is 2.69. The number of aliphatic imine (C=N–C) groups is 2. The van der Waals surface area contributed by atoms with Gasteiger partial charge in [-0.05, 0) is 32.3 Å². The van der Waals surface area contributed by atoms with Crippen LogP contribution in [0.1, 0.15) is 31.4 Å². The maximum Gasteiger partial charge on any atom is 0.253 e. The van der Waals surface area contributed by atoms with Crippen molar-refractivity contribution in [3.8, 4) is 0 Å². The summed E-state index contributed by atoms with van der Waals surface area (Å²) in [5.74, 6) is 0.542. The van der Waals surface area contributed by atoms with E-state index in [1.807, 2.05) is 31.2 Å². The van der Waals surface area contributed by atoms with Gasteiger partial charge in [-0.3, -0.25) is 10.1 Å². The van der Waals surface area contributed by atoms with Crippen molar-refractivity contribution in [2.75, 3.05) is 0 Å². The second-order valence-electron chi connectivity index (χ2n) is 5.95. The van der Waals surface area contributed by atoms with Crippen LogP contribution in [-0.2, 0) is 4.79 Å². The highest BCUT2D eigenvalue weighted by Crippen LogP contribution is 2.25. The van der Waals surface area contributed by atoms with Crippen LogP contribution in [0.3, 0.4) is 0 Å². The third kappa shape index (κ3) is 2.60. The van der Waals surface area contributed by atoms with E-state index >= 15 is 0 Å². The molecule has 1 fully saturated rings. The Hall–Kier alpha value is -2.63. The van der Waals surface area contributed by atoms with E-state index in [9.17, 15) is 4.79 Å². The number of benzene rings is 1. The van der Waals surface area contributed by atoms with Crippen LogP contribution in [0.15, 0.2) is 34.3 Å². The molecule has 1 unspecified atom stereocenters. The zero-order valence-corrected chi connectivity index (χ0v) is 12.9. The third-order valence-electron chi connectivity index (χ3n) is 4.37. The summed E-state index contributed by atoms with van der Waals surface area (Å²) in [6, 6.07) is 7.80. The van der Waals surface area contributed by atoms with E-state index in [4.69, 9.17) is 0 Å². The second kappa shape index (κ2) is 5.53. The van der Waals surface area contributed by atoms with Gasteiger partial charge in [0.05, 0.1) is 17.1 Å². The fraction of sp³-hybridized carbons (Fsp3) is 0.353. The van der Waals surface area contributed by atoms with Crippen molar-refractivity contribution in [2.45, 2.75) is 32.6 Å². The van der Waals surface area contributed by atoms with Crippen molar-refractivity contribution in [1.82, 2.24) is 15.3 Å². The Labute approximate surface area is 133 Å². The van der Waals surface area contributed by atoms with Crippen molar-refractivity contribution in [1.29, 1.82) is 0 Å². The molecule has 1 N–H and O–H groups in total. The SMILES string of the molecule is Cc1nc(/N=C2/N=C3CCCCC3C(=O)N2)nc2ccccc12.